The van der Waals surface area contributed by atoms with E-state index >= 15 is 0 Å². The molecule has 1 amide bonds. The quantitative estimate of drug-likeness (QED) is 0.847. The van der Waals surface area contributed by atoms with Gasteiger partial charge in [0.25, 0.3) is 0 Å². The van der Waals surface area contributed by atoms with Crippen LogP contribution in [0.5, 0.6) is 0 Å². The highest BCUT2D eigenvalue weighted by atomic mass is 19.1. The number of hydrogen-bond donors (Lipinski definition) is 2. The third kappa shape index (κ3) is 3.68. The SMILES string of the molecule is CC(C)(C)NNC(=O)c1ccc(-c2ccc(F)cc2)o1. The molecule has 0 unspecified atom stereocenters. The minimum atomic E-state index is -0.353. The summed E-state index contributed by atoms with van der Waals surface area (Å²) in [7, 11) is 0. The number of amides is 1. The topological polar surface area (TPSA) is 54.3 Å². The third-order valence-corrected chi connectivity index (χ3v) is 2.51. The Bertz CT molecular complexity index is 597. The van der Waals surface area contributed by atoms with Gasteiger partial charge in [-0.1, -0.05) is 0 Å². The van der Waals surface area contributed by atoms with Gasteiger partial charge in [0.2, 0.25) is 0 Å². The fraction of sp³-hybridized carbons (Fsp3) is 0.267. The standard InChI is InChI=1S/C15H17FN2O2/c1-15(2,3)18-17-14(19)13-9-8-12(20-13)10-4-6-11(16)7-5-10/h4-9,18H,1-3H3,(H,17,19). The number of furan rings is 1. The normalized spacial score (nSPS) is 11.4. The molecule has 0 saturated heterocycles. The smallest absolute Gasteiger partial charge is 0.301 e. The van der Waals surface area contributed by atoms with Gasteiger partial charge in [0.15, 0.2) is 5.76 Å². The molecule has 2 aromatic rings. The molecule has 0 atom stereocenters. The summed E-state index contributed by atoms with van der Waals surface area (Å²) in [6.45, 7) is 5.79. The van der Waals surface area contributed by atoms with Crippen molar-refractivity contribution < 1.29 is 13.6 Å². The molecular weight excluding hydrogens is 259 g/mol. The molecule has 106 valence electrons. The van der Waals surface area contributed by atoms with Crippen LogP contribution in [0.1, 0.15) is 31.3 Å². The van der Waals surface area contributed by atoms with Crippen molar-refractivity contribution >= 4 is 5.91 Å². The fourth-order valence-electron chi connectivity index (χ4n) is 1.54. The molecule has 0 saturated carbocycles. The van der Waals surface area contributed by atoms with Gasteiger partial charge >= 0.3 is 5.91 Å². The lowest BCUT2D eigenvalue weighted by Crippen LogP contribution is -2.48. The van der Waals surface area contributed by atoms with Crippen molar-refractivity contribution in [1.82, 2.24) is 10.9 Å². The van der Waals surface area contributed by atoms with Crippen LogP contribution in [0.25, 0.3) is 11.3 Å². The fourth-order valence-corrected chi connectivity index (χ4v) is 1.54. The maximum atomic E-state index is 12.8. The van der Waals surface area contributed by atoms with Crippen LogP contribution < -0.4 is 10.9 Å². The summed E-state index contributed by atoms with van der Waals surface area (Å²) in [4.78, 5) is 11.9. The zero-order valence-electron chi connectivity index (χ0n) is 11.7. The third-order valence-electron chi connectivity index (χ3n) is 2.51. The summed E-state index contributed by atoms with van der Waals surface area (Å²) in [6, 6.07) is 9.15. The van der Waals surface area contributed by atoms with Crippen molar-refractivity contribution in [2.45, 2.75) is 26.3 Å². The molecule has 20 heavy (non-hydrogen) atoms. The summed E-state index contributed by atoms with van der Waals surface area (Å²) in [5, 5.41) is 0. The molecule has 2 N–H and O–H groups in total. The molecule has 0 aliphatic carbocycles. The molecule has 0 spiro atoms. The van der Waals surface area contributed by atoms with Crippen molar-refractivity contribution in [2.24, 2.45) is 0 Å². The first-order chi connectivity index (χ1) is 9.35. The molecule has 1 aromatic carbocycles. The van der Waals surface area contributed by atoms with E-state index in [0.29, 0.717) is 11.3 Å². The maximum Gasteiger partial charge on any atom is 0.301 e. The molecule has 0 aliphatic rings. The van der Waals surface area contributed by atoms with Crippen molar-refractivity contribution in [2.75, 3.05) is 0 Å². The molecule has 0 bridgehead atoms. The summed E-state index contributed by atoms with van der Waals surface area (Å²) < 4.78 is 18.3. The van der Waals surface area contributed by atoms with Crippen LogP contribution in [-0.2, 0) is 0 Å². The van der Waals surface area contributed by atoms with Crippen LogP contribution in [0.15, 0.2) is 40.8 Å². The number of carbonyl (C=O) groups is 1. The Kier molecular flexibility index (Phi) is 3.90. The van der Waals surface area contributed by atoms with Crippen molar-refractivity contribution in [1.29, 1.82) is 0 Å². The van der Waals surface area contributed by atoms with E-state index in [1.54, 1.807) is 24.3 Å². The van der Waals surface area contributed by atoms with Gasteiger partial charge in [0.1, 0.15) is 11.6 Å². The average Bonchev–Trinajstić information content (AvgIpc) is 2.85. The highest BCUT2D eigenvalue weighted by molar-refractivity contribution is 5.91. The number of hydrazine groups is 1. The van der Waals surface area contributed by atoms with Gasteiger partial charge in [0, 0.05) is 11.1 Å². The highest BCUT2D eigenvalue weighted by Crippen LogP contribution is 2.22. The number of rotatable bonds is 3. The van der Waals surface area contributed by atoms with Crippen molar-refractivity contribution in [3.05, 3.63) is 48.0 Å². The first-order valence-electron chi connectivity index (χ1n) is 6.28. The Morgan fingerprint density at radius 3 is 2.35 bits per heavy atom. The van der Waals surface area contributed by atoms with Gasteiger partial charge in [-0.2, -0.15) is 0 Å². The number of halogens is 1. The van der Waals surface area contributed by atoms with Gasteiger partial charge in [-0.15, -0.1) is 0 Å². The van der Waals surface area contributed by atoms with Gasteiger partial charge in [-0.05, 0) is 57.2 Å². The molecule has 4 nitrogen and oxygen atoms in total. The number of benzene rings is 1. The lowest BCUT2D eigenvalue weighted by Gasteiger charge is -2.20. The van der Waals surface area contributed by atoms with Gasteiger partial charge < -0.3 is 4.42 Å². The Morgan fingerprint density at radius 1 is 1.10 bits per heavy atom. The van der Waals surface area contributed by atoms with E-state index in [0.717, 1.165) is 0 Å². The van der Waals surface area contributed by atoms with Crippen molar-refractivity contribution in [3.63, 3.8) is 0 Å². The van der Waals surface area contributed by atoms with Gasteiger partial charge in [0.05, 0.1) is 0 Å². The van der Waals surface area contributed by atoms with E-state index in [9.17, 15) is 9.18 Å². The molecule has 5 heteroatoms. The maximum absolute atomic E-state index is 12.8. The van der Waals surface area contributed by atoms with E-state index in [4.69, 9.17) is 4.42 Å². The summed E-state index contributed by atoms with van der Waals surface area (Å²) in [6.07, 6.45) is 0. The Hall–Kier alpha value is -2.14. The number of carbonyl (C=O) groups excluding carboxylic acids is 1. The van der Waals surface area contributed by atoms with Crippen LogP contribution in [0, 0.1) is 5.82 Å². The second-order valence-corrected chi connectivity index (χ2v) is 5.50. The number of nitrogens with one attached hydrogen (secondary N) is 2. The lowest BCUT2D eigenvalue weighted by atomic mass is 10.1. The van der Waals surface area contributed by atoms with Crippen LogP contribution >= 0.6 is 0 Å². The predicted molar refractivity (Wildman–Crippen MR) is 74.5 cm³/mol. The van der Waals surface area contributed by atoms with Gasteiger partial charge in [-0.25, -0.2) is 9.82 Å². The second kappa shape index (κ2) is 5.46. The second-order valence-electron chi connectivity index (χ2n) is 5.50. The van der Waals surface area contributed by atoms with E-state index in [1.807, 2.05) is 20.8 Å². The average molecular weight is 276 g/mol. The minimum absolute atomic E-state index is 0.195. The molecule has 1 heterocycles. The van der Waals surface area contributed by atoms with Gasteiger partial charge in [-0.3, -0.25) is 10.2 Å². The Labute approximate surface area is 117 Å². The van der Waals surface area contributed by atoms with E-state index in [-0.39, 0.29) is 23.0 Å². The molecular formula is C15H17FN2O2. The van der Waals surface area contributed by atoms with E-state index < -0.39 is 0 Å². The largest absolute Gasteiger partial charge is 0.451 e. The highest BCUT2D eigenvalue weighted by Gasteiger charge is 2.15. The Morgan fingerprint density at radius 2 is 1.75 bits per heavy atom. The predicted octanol–water partition coefficient (Wildman–Crippen LogP) is 3.12. The Balaban J connectivity index is 2.09. The molecule has 1 aromatic heterocycles. The first kappa shape index (κ1) is 14.3. The molecule has 2 rings (SSSR count). The summed E-state index contributed by atoms with van der Waals surface area (Å²) >= 11 is 0. The zero-order valence-corrected chi connectivity index (χ0v) is 11.7. The molecule has 0 fully saturated rings. The van der Waals surface area contributed by atoms with Crippen LogP contribution in [-0.4, -0.2) is 11.4 Å². The van der Waals surface area contributed by atoms with Crippen LogP contribution in [0.4, 0.5) is 4.39 Å². The van der Waals surface area contributed by atoms with Crippen LogP contribution in [0.2, 0.25) is 0 Å². The molecule has 0 aliphatic heterocycles. The summed E-state index contributed by atoms with van der Waals surface area (Å²) in [5.41, 5.74) is 5.92. The first-order valence-corrected chi connectivity index (χ1v) is 6.28. The minimum Gasteiger partial charge on any atom is -0.451 e. The monoisotopic (exact) mass is 276 g/mol. The van der Waals surface area contributed by atoms with Crippen molar-refractivity contribution in [3.8, 4) is 11.3 Å². The zero-order chi connectivity index (χ0) is 14.8. The van der Waals surface area contributed by atoms with E-state index in [1.165, 1.54) is 12.1 Å². The number of hydrogen-bond acceptors (Lipinski definition) is 3. The summed E-state index contributed by atoms with van der Waals surface area (Å²) in [5.74, 6) is 0.0490. The molecule has 0 radical (unpaired) electrons. The van der Waals surface area contributed by atoms with Crippen LogP contribution in [0.3, 0.4) is 0 Å². The van der Waals surface area contributed by atoms with E-state index in [2.05, 4.69) is 10.9 Å². The lowest BCUT2D eigenvalue weighted by molar-refractivity contribution is 0.0887.